The molecular weight excluding hydrogens is 751 g/mol. The minimum Gasteiger partial charge on any atom is -0.512 e. The van der Waals surface area contributed by atoms with Crippen LogP contribution < -0.4 is 29.6 Å². The maximum Gasteiger partial charge on any atom is 1.00 e. The van der Waals surface area contributed by atoms with Gasteiger partial charge in [0.05, 0.1) is 80.4 Å². The second-order valence-corrected chi connectivity index (χ2v) is 16.0. The zero-order valence-electron chi connectivity index (χ0n) is 31.0. The molecule has 0 N–H and O–H groups in total. The third kappa shape index (κ3) is 8.97. The van der Waals surface area contributed by atoms with Crippen LogP contribution in [0.15, 0.2) is 0 Å². The van der Waals surface area contributed by atoms with E-state index >= 15 is 0 Å². The number of morpholine rings is 3. The van der Waals surface area contributed by atoms with E-state index < -0.39 is 10.1 Å². The van der Waals surface area contributed by atoms with Gasteiger partial charge in [0.2, 0.25) is 6.04 Å². The topological polar surface area (TPSA) is 222 Å². The fourth-order valence-corrected chi connectivity index (χ4v) is 10.0. The van der Waals surface area contributed by atoms with Crippen LogP contribution in [0.3, 0.4) is 0 Å². The van der Waals surface area contributed by atoms with Crippen molar-refractivity contribution in [3.63, 3.8) is 0 Å². The van der Waals surface area contributed by atoms with Gasteiger partial charge in [0.25, 0.3) is 10.1 Å². The molecule has 9 rings (SSSR count). The minimum absolute atomic E-state index is 0. The zero-order chi connectivity index (χ0) is 38.4. The Labute approximate surface area is 344 Å². The Morgan fingerprint density at radius 1 is 0.691 bits per heavy atom. The third-order valence-corrected chi connectivity index (χ3v) is 11.9. The van der Waals surface area contributed by atoms with Crippen molar-refractivity contribution in [2.24, 2.45) is 5.92 Å². The maximum absolute atomic E-state index is 11.9. The molecule has 0 aliphatic carbocycles. The Kier molecular flexibility index (Phi) is 14.7. The van der Waals surface area contributed by atoms with Crippen molar-refractivity contribution in [2.45, 2.75) is 152 Å². The van der Waals surface area contributed by atoms with Crippen LogP contribution in [0, 0.1) is 35.7 Å². The van der Waals surface area contributed by atoms with Crippen molar-refractivity contribution in [1.29, 1.82) is 10.5 Å². The van der Waals surface area contributed by atoms with E-state index in [0.717, 1.165) is 31.9 Å². The molecule has 0 aromatic carbocycles. The number of fused-ring (bicyclic) bond motifs is 15. The Bertz CT molecular complexity index is 1520. The molecule has 18 nitrogen and oxygen atoms in total. The number of ether oxygens (including phenoxy) is 6. The van der Waals surface area contributed by atoms with Gasteiger partial charge in [0, 0.05) is 12.8 Å². The van der Waals surface area contributed by atoms with Crippen LogP contribution in [-0.4, -0.2) is 152 Å². The summed E-state index contributed by atoms with van der Waals surface area (Å²) in [5.74, 6) is 0.0667. The molecule has 0 saturated carbocycles. The molecule has 6 bridgehead atoms. The first-order chi connectivity index (χ1) is 25.4. The normalized spacial score (nSPS) is 39.1. The Morgan fingerprint density at radius 3 is 1.27 bits per heavy atom. The van der Waals surface area contributed by atoms with Crippen LogP contribution in [0.1, 0.15) is 66.7 Å². The average Bonchev–Trinajstić information content (AvgIpc) is 4.03. The van der Waals surface area contributed by atoms with E-state index in [9.17, 15) is 22.8 Å². The SMILES string of the molecule is C.CCOC(=O)N1C2CC(C#N)CC1[C@@H]1O[C@H]21.CCOC(=O)N1C2CC(OS(C)(=O)=O)CC1[C@@H]1O[C@H]21.[C-]#N.[C-]#[N+]C1CC2[C@H]3O[C@H]3C(C1)N2C(=O)OCC.[Na+]. The van der Waals surface area contributed by atoms with Crippen LogP contribution >= 0.6 is 0 Å². The predicted molar refractivity (Wildman–Crippen MR) is 184 cm³/mol. The minimum atomic E-state index is -3.47. The smallest absolute Gasteiger partial charge is 0.512 e. The standard InChI is InChI=1S/2C11H14N2O3.C11H17NO6S.CN.CH4.Na/c1-3-15-11(14)13-7-4-6(12-2)5-8(13)10-9(7)16-10;1-2-15-11(14)13-7-3-6(5-12)4-8(13)10-9(7)16-10;1-3-16-11(13)12-7-4-6(18-19(2,14)15)5-8(12)10-9(7)17-10;1-2;;/h6-10H,3-5H2,1H3;6-10H,2-4H2,1H3;6-10H,3-5H2,1-2H3;;1H4;/q;;;-1;;+1/t3*6?,7?,8?,9-,10+;;;. The van der Waals surface area contributed by atoms with Crippen molar-refractivity contribution in [1.82, 2.24) is 14.7 Å². The van der Waals surface area contributed by atoms with E-state index in [2.05, 4.69) is 10.9 Å². The van der Waals surface area contributed by atoms with Crippen LogP contribution in [0.25, 0.3) is 4.85 Å². The number of rotatable bonds is 5. The molecule has 20 heteroatoms. The summed E-state index contributed by atoms with van der Waals surface area (Å²) in [5, 5.41) is 15.2. The fourth-order valence-electron chi connectivity index (χ4n) is 9.35. The molecule has 0 spiro atoms. The summed E-state index contributed by atoms with van der Waals surface area (Å²) in [6.45, 7) is 18.3. The van der Waals surface area contributed by atoms with Gasteiger partial charge in [-0.2, -0.15) is 13.7 Å². The zero-order valence-corrected chi connectivity index (χ0v) is 33.8. The number of piperidine rings is 3. The maximum atomic E-state index is 11.9. The number of amides is 3. The first kappa shape index (κ1) is 44.8. The predicted octanol–water partition coefficient (Wildman–Crippen LogP) is -0.220. The second-order valence-electron chi connectivity index (χ2n) is 14.4. The van der Waals surface area contributed by atoms with Crippen LogP contribution in [-0.2, 0) is 42.7 Å². The van der Waals surface area contributed by atoms with E-state index in [1.165, 1.54) is 0 Å². The quantitative estimate of drug-likeness (QED) is 0.115. The van der Waals surface area contributed by atoms with Gasteiger partial charge < -0.3 is 45.1 Å². The molecule has 9 heterocycles. The molecular formula is C35H49N6NaO12S. The van der Waals surface area contributed by atoms with E-state index in [-0.39, 0.29) is 146 Å². The Morgan fingerprint density at radius 2 is 1.00 bits per heavy atom. The van der Waals surface area contributed by atoms with Gasteiger partial charge in [0.1, 0.15) is 36.6 Å². The van der Waals surface area contributed by atoms with Gasteiger partial charge in [-0.05, 0) is 46.5 Å². The third-order valence-electron chi connectivity index (χ3n) is 11.3. The van der Waals surface area contributed by atoms with Crippen molar-refractivity contribution in [3.8, 4) is 6.07 Å². The molecule has 55 heavy (non-hydrogen) atoms. The number of epoxide rings is 3. The summed E-state index contributed by atoms with van der Waals surface area (Å²) in [6.07, 6.45) is 4.42. The number of carbonyl (C=O) groups excluding carboxylic acids is 3. The van der Waals surface area contributed by atoms with Crippen LogP contribution in [0.2, 0.25) is 0 Å². The summed E-state index contributed by atoms with van der Waals surface area (Å²) in [7, 11) is -3.47. The summed E-state index contributed by atoms with van der Waals surface area (Å²) in [5.41, 5.74) is 0. The number of carbonyl (C=O) groups is 3. The molecule has 0 aromatic heterocycles. The van der Waals surface area contributed by atoms with Gasteiger partial charge in [-0.1, -0.05) is 7.43 Å². The van der Waals surface area contributed by atoms with Gasteiger partial charge in [0.15, 0.2) is 0 Å². The average molecular weight is 801 g/mol. The molecule has 9 unspecified atom stereocenters. The molecule has 3 amide bonds. The van der Waals surface area contributed by atoms with Crippen molar-refractivity contribution >= 4 is 28.4 Å². The summed E-state index contributed by atoms with van der Waals surface area (Å²) >= 11 is 0. The van der Waals surface area contributed by atoms with Crippen LogP contribution in [0.4, 0.5) is 14.4 Å². The number of hydrogen-bond acceptors (Lipinski definition) is 14. The molecule has 0 radical (unpaired) electrons. The van der Waals surface area contributed by atoms with Gasteiger partial charge in [-0.15, -0.1) is 0 Å². The monoisotopic (exact) mass is 800 g/mol. The van der Waals surface area contributed by atoms with Gasteiger partial charge >= 0.3 is 47.8 Å². The summed E-state index contributed by atoms with van der Waals surface area (Å²) in [4.78, 5) is 44.4. The fraction of sp³-hybridized carbons (Fsp3) is 0.829. The van der Waals surface area contributed by atoms with Gasteiger partial charge in [-0.25, -0.2) is 21.0 Å². The second kappa shape index (κ2) is 18.1. The largest absolute Gasteiger partial charge is 1.00 e. The number of hydrogen-bond donors (Lipinski definition) is 0. The molecule has 9 aliphatic heterocycles. The molecule has 15 atom stereocenters. The summed E-state index contributed by atoms with van der Waals surface area (Å²) in [6, 6.07) is 2.36. The van der Waals surface area contributed by atoms with E-state index in [0.29, 0.717) is 32.7 Å². The molecule has 9 fully saturated rings. The molecule has 298 valence electrons. The molecule has 9 aliphatic rings. The first-order valence-corrected chi connectivity index (χ1v) is 19.9. The van der Waals surface area contributed by atoms with Crippen molar-refractivity contribution < 1.29 is 85.0 Å². The summed E-state index contributed by atoms with van der Waals surface area (Å²) < 4.78 is 59.1. The number of nitriles is 1. The first-order valence-electron chi connectivity index (χ1n) is 18.1. The van der Waals surface area contributed by atoms with Crippen molar-refractivity contribution in [2.75, 3.05) is 26.1 Å². The Hall–Kier alpha value is -2.93. The Balaban J connectivity index is 0.000000177. The van der Waals surface area contributed by atoms with Crippen molar-refractivity contribution in [3.05, 3.63) is 18.0 Å². The molecule has 0 aromatic rings. The van der Waals surface area contributed by atoms with Crippen LogP contribution in [0.5, 0.6) is 0 Å². The van der Waals surface area contributed by atoms with E-state index in [1.54, 1.807) is 23.6 Å². The number of nitrogens with zero attached hydrogens (tertiary/aromatic N) is 6. The van der Waals surface area contributed by atoms with E-state index in [1.807, 2.05) is 11.8 Å². The molecule has 9 saturated heterocycles. The van der Waals surface area contributed by atoms with E-state index in [4.69, 9.17) is 56.3 Å². The van der Waals surface area contributed by atoms with Gasteiger partial charge in [-0.3, -0.25) is 18.9 Å².